The molecule has 0 aliphatic rings. The third-order valence-electron chi connectivity index (χ3n) is 4.29. The Bertz CT molecular complexity index is 873. The van der Waals surface area contributed by atoms with Crippen molar-refractivity contribution in [2.75, 3.05) is 6.54 Å². The van der Waals surface area contributed by atoms with Crippen LogP contribution in [0.4, 0.5) is 0 Å². The first kappa shape index (κ1) is 17.5. The predicted molar refractivity (Wildman–Crippen MR) is 104 cm³/mol. The van der Waals surface area contributed by atoms with Crippen molar-refractivity contribution in [3.63, 3.8) is 0 Å². The van der Waals surface area contributed by atoms with Gasteiger partial charge in [-0.2, -0.15) is 0 Å². The number of fused-ring (bicyclic) bond motifs is 1. The molecule has 0 bridgehead atoms. The van der Waals surface area contributed by atoms with Gasteiger partial charge in [0.05, 0.1) is 6.54 Å². The fourth-order valence-corrected chi connectivity index (χ4v) is 3.08. The second kappa shape index (κ2) is 8.15. The summed E-state index contributed by atoms with van der Waals surface area (Å²) in [6, 6.07) is 22.1. The molecule has 0 unspecified atom stereocenters. The van der Waals surface area contributed by atoms with E-state index in [4.69, 9.17) is 11.6 Å². The van der Waals surface area contributed by atoms with E-state index in [0.717, 1.165) is 5.56 Å². The lowest BCUT2D eigenvalue weighted by atomic mass is 10.00. The summed E-state index contributed by atoms with van der Waals surface area (Å²) in [6.07, 6.45) is 0. The molecule has 0 saturated carbocycles. The molecule has 0 aliphatic heterocycles. The normalized spacial score (nSPS) is 12.1. The van der Waals surface area contributed by atoms with Crippen molar-refractivity contribution in [1.29, 1.82) is 0 Å². The average molecular weight is 353 g/mol. The number of carbonyl (C=O) groups excluding carboxylic acids is 1. The van der Waals surface area contributed by atoms with Crippen molar-refractivity contribution >= 4 is 28.3 Å². The number of rotatable bonds is 6. The number of hydrogen-bond donors (Lipinski definition) is 2. The molecule has 0 aromatic heterocycles. The van der Waals surface area contributed by atoms with Crippen LogP contribution in [-0.2, 0) is 11.3 Å². The molecule has 3 rings (SSSR count). The third-order valence-corrected chi connectivity index (χ3v) is 4.66. The maximum atomic E-state index is 12.1. The maximum Gasteiger partial charge on any atom is 0.234 e. The smallest absolute Gasteiger partial charge is 0.234 e. The van der Waals surface area contributed by atoms with Crippen LogP contribution < -0.4 is 10.6 Å². The molecule has 1 amide bonds. The second-order valence-corrected chi connectivity index (χ2v) is 6.45. The van der Waals surface area contributed by atoms with E-state index >= 15 is 0 Å². The van der Waals surface area contributed by atoms with Crippen molar-refractivity contribution in [3.8, 4) is 0 Å². The van der Waals surface area contributed by atoms with E-state index in [1.54, 1.807) is 0 Å². The fourth-order valence-electron chi connectivity index (χ4n) is 2.88. The number of hydrogen-bond acceptors (Lipinski definition) is 2. The number of carbonyl (C=O) groups is 1. The Morgan fingerprint density at radius 1 is 1.00 bits per heavy atom. The Balaban J connectivity index is 1.57. The fraction of sp³-hybridized carbons (Fsp3) is 0.190. The summed E-state index contributed by atoms with van der Waals surface area (Å²) < 4.78 is 0. The molecule has 0 radical (unpaired) electrons. The molecule has 3 aromatic carbocycles. The number of nitrogens with one attached hydrogen (secondary N) is 2. The molecule has 0 saturated heterocycles. The molecule has 2 N–H and O–H groups in total. The summed E-state index contributed by atoms with van der Waals surface area (Å²) in [4.78, 5) is 12.1. The summed E-state index contributed by atoms with van der Waals surface area (Å²) in [5.74, 6) is -0.0491. The molecule has 3 nitrogen and oxygen atoms in total. The Morgan fingerprint density at radius 3 is 2.56 bits per heavy atom. The number of benzene rings is 3. The van der Waals surface area contributed by atoms with Gasteiger partial charge in [0.2, 0.25) is 5.91 Å². The van der Waals surface area contributed by atoms with Gasteiger partial charge in [0.15, 0.2) is 0 Å². The van der Waals surface area contributed by atoms with E-state index in [1.807, 2.05) is 42.5 Å². The van der Waals surface area contributed by atoms with Gasteiger partial charge in [0, 0.05) is 17.6 Å². The number of amides is 1. The van der Waals surface area contributed by atoms with Gasteiger partial charge in [0.1, 0.15) is 0 Å². The topological polar surface area (TPSA) is 41.1 Å². The maximum absolute atomic E-state index is 12.1. The van der Waals surface area contributed by atoms with E-state index in [-0.39, 0.29) is 18.5 Å². The van der Waals surface area contributed by atoms with Gasteiger partial charge >= 0.3 is 0 Å². The highest BCUT2D eigenvalue weighted by Crippen LogP contribution is 2.23. The van der Waals surface area contributed by atoms with E-state index in [9.17, 15) is 4.79 Å². The van der Waals surface area contributed by atoms with Gasteiger partial charge in [-0.05, 0) is 34.9 Å². The minimum atomic E-state index is -0.0491. The largest absolute Gasteiger partial charge is 0.351 e. The summed E-state index contributed by atoms with van der Waals surface area (Å²) in [5.41, 5.74) is 2.11. The highest BCUT2D eigenvalue weighted by atomic mass is 35.5. The zero-order chi connectivity index (χ0) is 17.6. The van der Waals surface area contributed by atoms with Crippen LogP contribution in [0.5, 0.6) is 0 Å². The van der Waals surface area contributed by atoms with E-state index in [0.29, 0.717) is 11.6 Å². The van der Waals surface area contributed by atoms with Gasteiger partial charge in [-0.25, -0.2) is 0 Å². The minimum absolute atomic E-state index is 0.0491. The highest BCUT2D eigenvalue weighted by Gasteiger charge is 2.10. The van der Waals surface area contributed by atoms with Crippen LogP contribution >= 0.6 is 11.6 Å². The standard InChI is InChI=1S/C21H21ClN2O/c1-15(18-11-6-9-16-7-2-4-10-19(16)18)23-14-21(25)24-13-17-8-3-5-12-20(17)22/h2-12,15,23H,13-14H2,1H3,(H,24,25)/t15-/m1/s1. The zero-order valence-corrected chi connectivity index (χ0v) is 14.9. The number of halogens is 1. The van der Waals surface area contributed by atoms with Gasteiger partial charge in [-0.15, -0.1) is 0 Å². The molecule has 0 fully saturated rings. The second-order valence-electron chi connectivity index (χ2n) is 6.04. The van der Waals surface area contributed by atoms with Crippen molar-refractivity contribution in [2.24, 2.45) is 0 Å². The Kier molecular flexibility index (Phi) is 5.69. The Labute approximate surface area is 153 Å². The molecule has 4 heteroatoms. The van der Waals surface area contributed by atoms with Crippen LogP contribution in [0.3, 0.4) is 0 Å². The van der Waals surface area contributed by atoms with Crippen molar-refractivity contribution < 1.29 is 4.79 Å². The SMILES string of the molecule is C[C@@H](NCC(=O)NCc1ccccc1Cl)c1cccc2ccccc12. The molecular formula is C21H21ClN2O. The first-order valence-corrected chi connectivity index (χ1v) is 8.74. The first-order valence-electron chi connectivity index (χ1n) is 8.36. The zero-order valence-electron chi connectivity index (χ0n) is 14.1. The highest BCUT2D eigenvalue weighted by molar-refractivity contribution is 6.31. The summed E-state index contributed by atoms with van der Waals surface area (Å²) in [7, 11) is 0. The third kappa shape index (κ3) is 4.38. The van der Waals surface area contributed by atoms with E-state index in [1.165, 1.54) is 16.3 Å². The van der Waals surface area contributed by atoms with Crippen LogP contribution in [0.2, 0.25) is 5.02 Å². The summed E-state index contributed by atoms with van der Waals surface area (Å²) in [6.45, 7) is 2.76. The summed E-state index contributed by atoms with van der Waals surface area (Å²) in [5, 5.41) is 9.28. The Hall–Kier alpha value is -2.36. The lowest BCUT2D eigenvalue weighted by Gasteiger charge is -2.16. The van der Waals surface area contributed by atoms with Gasteiger partial charge in [-0.1, -0.05) is 72.3 Å². The monoisotopic (exact) mass is 352 g/mol. The quantitative estimate of drug-likeness (QED) is 0.687. The van der Waals surface area contributed by atoms with Crippen LogP contribution in [0.1, 0.15) is 24.1 Å². The molecule has 0 heterocycles. The lowest BCUT2D eigenvalue weighted by Crippen LogP contribution is -2.34. The van der Waals surface area contributed by atoms with Crippen LogP contribution in [0, 0.1) is 0 Å². The molecule has 0 aliphatic carbocycles. The van der Waals surface area contributed by atoms with Gasteiger partial charge in [0.25, 0.3) is 0 Å². The lowest BCUT2D eigenvalue weighted by molar-refractivity contribution is -0.120. The molecule has 3 aromatic rings. The van der Waals surface area contributed by atoms with E-state index < -0.39 is 0 Å². The molecule has 25 heavy (non-hydrogen) atoms. The summed E-state index contributed by atoms with van der Waals surface area (Å²) >= 11 is 6.10. The molecular weight excluding hydrogens is 332 g/mol. The van der Waals surface area contributed by atoms with Gasteiger partial charge in [-0.3, -0.25) is 4.79 Å². The molecule has 128 valence electrons. The van der Waals surface area contributed by atoms with Crippen molar-refractivity contribution in [3.05, 3.63) is 82.9 Å². The average Bonchev–Trinajstić information content (AvgIpc) is 2.65. The van der Waals surface area contributed by atoms with Crippen molar-refractivity contribution in [2.45, 2.75) is 19.5 Å². The van der Waals surface area contributed by atoms with Crippen LogP contribution in [-0.4, -0.2) is 12.5 Å². The first-order chi connectivity index (χ1) is 12.1. The Morgan fingerprint density at radius 2 is 1.72 bits per heavy atom. The molecule has 0 spiro atoms. The van der Waals surface area contributed by atoms with Crippen LogP contribution in [0.25, 0.3) is 10.8 Å². The van der Waals surface area contributed by atoms with E-state index in [2.05, 4.69) is 41.8 Å². The van der Waals surface area contributed by atoms with Gasteiger partial charge < -0.3 is 10.6 Å². The molecule has 1 atom stereocenters. The van der Waals surface area contributed by atoms with Crippen LogP contribution in [0.15, 0.2) is 66.7 Å². The predicted octanol–water partition coefficient (Wildman–Crippen LogP) is 4.46. The minimum Gasteiger partial charge on any atom is -0.351 e. The van der Waals surface area contributed by atoms with Crippen molar-refractivity contribution in [1.82, 2.24) is 10.6 Å².